The van der Waals surface area contributed by atoms with Gasteiger partial charge in [0.2, 0.25) is 11.6 Å². The number of hydrogen-bond donors (Lipinski definition) is 1. The number of nitrogens with one attached hydrogen (secondary N) is 1. The van der Waals surface area contributed by atoms with Crippen LogP contribution in [0.15, 0.2) is 6.33 Å². The molecule has 7 nitrogen and oxygen atoms in total. The van der Waals surface area contributed by atoms with Crippen LogP contribution in [0.1, 0.15) is 6.92 Å². The van der Waals surface area contributed by atoms with Crippen molar-refractivity contribution < 1.29 is 4.92 Å². The second-order valence-electron chi connectivity index (χ2n) is 3.78. The Bertz CT molecular complexity index is 436. The maximum atomic E-state index is 11.2. The number of thioether (sulfide) groups is 1. The first kappa shape index (κ1) is 12.9. The van der Waals surface area contributed by atoms with Gasteiger partial charge in [0.1, 0.15) is 6.33 Å². The maximum absolute atomic E-state index is 11.2. The highest BCUT2D eigenvalue weighted by Crippen LogP contribution is 2.32. The molecule has 1 saturated heterocycles. The number of aromatic nitrogens is 2. The van der Waals surface area contributed by atoms with Gasteiger partial charge >= 0.3 is 5.69 Å². The SMILES string of the molecule is CCNc1ncnc(N2CCSCC2)c1[N+](=O)[O-]. The Hall–Kier alpha value is -1.57. The van der Waals surface area contributed by atoms with Gasteiger partial charge in [0.15, 0.2) is 0 Å². The zero-order valence-corrected chi connectivity index (χ0v) is 10.9. The highest BCUT2D eigenvalue weighted by Gasteiger charge is 2.27. The standard InChI is InChI=1S/C10H15N5O2S/c1-2-11-9-8(15(16)17)10(13-7-12-9)14-3-5-18-6-4-14/h7H,2-6H2,1H3,(H,11,12,13). The Balaban J connectivity index is 2.38. The van der Waals surface area contributed by atoms with E-state index in [9.17, 15) is 10.1 Å². The van der Waals surface area contributed by atoms with Crippen LogP contribution in [0.4, 0.5) is 17.3 Å². The van der Waals surface area contributed by atoms with E-state index >= 15 is 0 Å². The van der Waals surface area contributed by atoms with Crippen LogP contribution in [0.3, 0.4) is 0 Å². The predicted molar refractivity (Wildman–Crippen MR) is 72.4 cm³/mol. The van der Waals surface area contributed by atoms with Crippen molar-refractivity contribution in [2.75, 3.05) is 41.4 Å². The van der Waals surface area contributed by atoms with Crippen molar-refractivity contribution in [3.63, 3.8) is 0 Å². The van der Waals surface area contributed by atoms with E-state index in [1.807, 2.05) is 23.6 Å². The molecule has 8 heteroatoms. The van der Waals surface area contributed by atoms with E-state index < -0.39 is 4.92 Å². The average molecular weight is 269 g/mol. The van der Waals surface area contributed by atoms with Gasteiger partial charge in [-0.05, 0) is 6.92 Å². The normalized spacial score (nSPS) is 15.5. The third-order valence-electron chi connectivity index (χ3n) is 2.64. The highest BCUT2D eigenvalue weighted by atomic mass is 32.2. The van der Waals surface area contributed by atoms with Crippen molar-refractivity contribution in [1.82, 2.24) is 9.97 Å². The number of rotatable bonds is 4. The molecule has 0 atom stereocenters. The van der Waals surface area contributed by atoms with Gasteiger partial charge in [-0.25, -0.2) is 9.97 Å². The van der Waals surface area contributed by atoms with E-state index in [1.54, 1.807) is 0 Å². The minimum absolute atomic E-state index is 0.0220. The molecular weight excluding hydrogens is 254 g/mol. The molecule has 0 aromatic carbocycles. The van der Waals surface area contributed by atoms with Gasteiger partial charge in [0.05, 0.1) is 4.92 Å². The second kappa shape index (κ2) is 5.85. The third-order valence-corrected chi connectivity index (χ3v) is 3.58. The maximum Gasteiger partial charge on any atom is 0.353 e. The second-order valence-corrected chi connectivity index (χ2v) is 5.01. The summed E-state index contributed by atoms with van der Waals surface area (Å²) in [5, 5.41) is 14.1. The minimum atomic E-state index is -0.408. The Kier molecular flexibility index (Phi) is 4.19. The topological polar surface area (TPSA) is 84.2 Å². The molecule has 0 radical (unpaired) electrons. The van der Waals surface area contributed by atoms with Crippen molar-refractivity contribution in [2.24, 2.45) is 0 Å². The van der Waals surface area contributed by atoms with Crippen LogP contribution in [0.2, 0.25) is 0 Å². The lowest BCUT2D eigenvalue weighted by molar-refractivity contribution is -0.383. The van der Waals surface area contributed by atoms with E-state index in [0.717, 1.165) is 24.6 Å². The van der Waals surface area contributed by atoms with Gasteiger partial charge in [-0.15, -0.1) is 0 Å². The van der Waals surface area contributed by atoms with Gasteiger partial charge in [0.25, 0.3) is 0 Å². The van der Waals surface area contributed by atoms with Crippen molar-refractivity contribution in [2.45, 2.75) is 6.92 Å². The number of nitro groups is 1. The summed E-state index contributed by atoms with van der Waals surface area (Å²) in [6.45, 7) is 4.04. The molecule has 0 spiro atoms. The monoisotopic (exact) mass is 269 g/mol. The molecule has 2 heterocycles. The zero-order valence-electron chi connectivity index (χ0n) is 10.1. The van der Waals surface area contributed by atoms with Crippen molar-refractivity contribution in [3.8, 4) is 0 Å². The van der Waals surface area contributed by atoms with Gasteiger partial charge in [-0.2, -0.15) is 11.8 Å². The van der Waals surface area contributed by atoms with Crippen molar-refractivity contribution in [3.05, 3.63) is 16.4 Å². The number of nitrogens with zero attached hydrogens (tertiary/aromatic N) is 4. The lowest BCUT2D eigenvalue weighted by atomic mass is 10.3. The molecule has 98 valence electrons. The zero-order chi connectivity index (χ0) is 13.0. The Morgan fingerprint density at radius 1 is 1.50 bits per heavy atom. The summed E-state index contributed by atoms with van der Waals surface area (Å²) < 4.78 is 0. The van der Waals surface area contributed by atoms with Crippen LogP contribution < -0.4 is 10.2 Å². The van der Waals surface area contributed by atoms with Gasteiger partial charge in [-0.1, -0.05) is 0 Å². The van der Waals surface area contributed by atoms with E-state index in [2.05, 4.69) is 15.3 Å². The van der Waals surface area contributed by atoms with Crippen LogP contribution in [-0.2, 0) is 0 Å². The molecule has 18 heavy (non-hydrogen) atoms. The summed E-state index contributed by atoms with van der Waals surface area (Å²) in [6.07, 6.45) is 1.38. The molecular formula is C10H15N5O2S. The quantitative estimate of drug-likeness (QED) is 0.652. The van der Waals surface area contributed by atoms with Crippen LogP contribution in [0, 0.1) is 10.1 Å². The number of anilines is 2. The minimum Gasteiger partial charge on any atom is -0.364 e. The van der Waals surface area contributed by atoms with Crippen molar-refractivity contribution >= 4 is 29.1 Å². The average Bonchev–Trinajstić information content (AvgIpc) is 2.39. The van der Waals surface area contributed by atoms with Crippen LogP contribution in [0.25, 0.3) is 0 Å². The van der Waals surface area contributed by atoms with Crippen molar-refractivity contribution in [1.29, 1.82) is 0 Å². The molecule has 1 aromatic heterocycles. The smallest absolute Gasteiger partial charge is 0.353 e. The summed E-state index contributed by atoms with van der Waals surface area (Å²) in [5.41, 5.74) is -0.0220. The fourth-order valence-corrected chi connectivity index (χ4v) is 2.74. The first-order chi connectivity index (χ1) is 8.74. The predicted octanol–water partition coefficient (Wildman–Crippen LogP) is 1.37. The van der Waals surface area contributed by atoms with Gasteiger partial charge in [0, 0.05) is 31.1 Å². The molecule has 2 rings (SSSR count). The molecule has 0 aliphatic carbocycles. The molecule has 0 unspecified atom stereocenters. The summed E-state index contributed by atoms with van der Waals surface area (Å²) in [7, 11) is 0. The molecule has 1 aliphatic heterocycles. The largest absolute Gasteiger partial charge is 0.364 e. The highest BCUT2D eigenvalue weighted by molar-refractivity contribution is 7.99. The molecule has 0 bridgehead atoms. The summed E-state index contributed by atoms with van der Waals surface area (Å²) in [5.74, 6) is 2.66. The van der Waals surface area contributed by atoms with Crippen LogP contribution in [-0.4, -0.2) is 46.0 Å². The molecule has 1 aliphatic rings. The first-order valence-corrected chi connectivity index (χ1v) is 6.95. The van der Waals surface area contributed by atoms with Crippen LogP contribution in [0.5, 0.6) is 0 Å². The lowest BCUT2D eigenvalue weighted by Gasteiger charge is -2.27. The summed E-state index contributed by atoms with van der Waals surface area (Å²) >= 11 is 1.85. The Labute approximate surface area is 109 Å². The number of hydrogen-bond acceptors (Lipinski definition) is 7. The summed E-state index contributed by atoms with van der Waals surface area (Å²) in [6, 6.07) is 0. The van der Waals surface area contributed by atoms with E-state index in [4.69, 9.17) is 0 Å². The first-order valence-electron chi connectivity index (χ1n) is 5.80. The Morgan fingerprint density at radius 2 is 2.22 bits per heavy atom. The van der Waals surface area contributed by atoms with Crippen LogP contribution >= 0.6 is 11.8 Å². The van der Waals surface area contributed by atoms with E-state index in [0.29, 0.717) is 18.2 Å². The molecule has 1 fully saturated rings. The lowest BCUT2D eigenvalue weighted by Crippen LogP contribution is -2.33. The molecule has 0 saturated carbocycles. The van der Waals surface area contributed by atoms with E-state index in [-0.39, 0.29) is 5.69 Å². The molecule has 1 N–H and O–H groups in total. The molecule has 1 aromatic rings. The van der Waals surface area contributed by atoms with E-state index in [1.165, 1.54) is 6.33 Å². The Morgan fingerprint density at radius 3 is 2.83 bits per heavy atom. The van der Waals surface area contributed by atoms with Gasteiger partial charge in [-0.3, -0.25) is 10.1 Å². The van der Waals surface area contributed by atoms with Gasteiger partial charge < -0.3 is 10.2 Å². The third kappa shape index (κ3) is 2.63. The fourth-order valence-electron chi connectivity index (χ4n) is 1.84. The molecule has 0 amide bonds. The summed E-state index contributed by atoms with van der Waals surface area (Å²) in [4.78, 5) is 20.8. The fraction of sp³-hybridized carbons (Fsp3) is 0.600.